The Bertz CT molecular complexity index is 1900. The Morgan fingerprint density at radius 3 is 2.44 bits per heavy atom. The van der Waals surface area contributed by atoms with Gasteiger partial charge in [0.1, 0.15) is 27.9 Å². The number of alkyl carbamates (subject to hydrolysis) is 1. The maximum absolute atomic E-state index is 15.1. The van der Waals surface area contributed by atoms with Crippen LogP contribution in [0.1, 0.15) is 57.6 Å². The average Bonchev–Trinajstić information content (AvgIpc) is 2.98. The van der Waals surface area contributed by atoms with Gasteiger partial charge in [-0.1, -0.05) is 18.2 Å². The van der Waals surface area contributed by atoms with E-state index in [9.17, 15) is 18.5 Å². The zero-order valence-corrected chi connectivity index (χ0v) is 26.2. The number of ether oxygens (including phenoxy) is 1. The van der Waals surface area contributed by atoms with E-state index in [-0.39, 0.29) is 28.2 Å². The number of halogens is 1. The Hall–Kier alpha value is -4.83. The number of sulfonamides is 1. The lowest BCUT2D eigenvalue weighted by Gasteiger charge is -2.30. The van der Waals surface area contributed by atoms with Gasteiger partial charge in [0.15, 0.2) is 0 Å². The van der Waals surface area contributed by atoms with E-state index >= 15 is 4.39 Å². The van der Waals surface area contributed by atoms with Crippen LogP contribution in [0, 0.1) is 24.1 Å². The molecule has 2 aromatic carbocycles. The number of pyridine rings is 1. The summed E-state index contributed by atoms with van der Waals surface area (Å²) in [6.45, 7) is 7.38. The molecule has 0 radical (unpaired) electrons. The van der Waals surface area contributed by atoms with Crippen molar-refractivity contribution in [1.82, 2.24) is 20.3 Å². The molecule has 0 bridgehead atoms. The zero-order valence-electron chi connectivity index (χ0n) is 25.4. The highest BCUT2D eigenvalue weighted by Gasteiger charge is 2.25. The van der Waals surface area contributed by atoms with Crippen LogP contribution in [0.25, 0.3) is 22.3 Å². The Balaban J connectivity index is 1.26. The molecule has 4 aromatic rings. The third-order valence-corrected chi connectivity index (χ3v) is 8.75. The fraction of sp³-hybridized carbons (Fsp3) is 0.344. The first kappa shape index (κ1) is 31.6. The Labute approximate surface area is 261 Å². The zero-order chi connectivity index (χ0) is 32.4. The standard InChI is InChI=1S/C32H34FN7O4S/c1-19-15-26(20-9-14-25(24(33)16-20)40-45(42,43)28-8-6-5-7-21(28)17-34)38-27-18-35-30(39-29(19)27)36-22-10-12-23(13-11-22)37-31(41)44-32(2,3)4/h5-9,14-16,18,22-23,40H,10-13H2,1-4H3,(H,37,41)(H,35,36,39). The minimum Gasteiger partial charge on any atom is -0.444 e. The van der Waals surface area contributed by atoms with Crippen LogP contribution < -0.4 is 15.4 Å². The highest BCUT2D eigenvalue weighted by atomic mass is 32.2. The minimum atomic E-state index is -4.19. The van der Waals surface area contributed by atoms with Gasteiger partial charge in [0.25, 0.3) is 10.0 Å². The van der Waals surface area contributed by atoms with E-state index in [1.54, 1.807) is 24.4 Å². The van der Waals surface area contributed by atoms with E-state index in [1.165, 1.54) is 30.3 Å². The molecule has 1 fully saturated rings. The molecule has 1 aliphatic carbocycles. The number of aromatic nitrogens is 3. The molecule has 234 valence electrons. The molecule has 45 heavy (non-hydrogen) atoms. The molecule has 2 heterocycles. The van der Waals surface area contributed by atoms with Gasteiger partial charge in [-0.3, -0.25) is 4.72 Å². The quantitative estimate of drug-likeness (QED) is 0.220. The molecule has 0 atom stereocenters. The highest BCUT2D eigenvalue weighted by molar-refractivity contribution is 7.92. The minimum absolute atomic E-state index is 0.0431. The van der Waals surface area contributed by atoms with Gasteiger partial charge in [-0.15, -0.1) is 0 Å². The van der Waals surface area contributed by atoms with Gasteiger partial charge in [0, 0.05) is 17.6 Å². The molecule has 11 nitrogen and oxygen atoms in total. The summed E-state index contributed by atoms with van der Waals surface area (Å²) in [6, 6.07) is 13.6. The summed E-state index contributed by atoms with van der Waals surface area (Å²) in [7, 11) is -4.19. The molecule has 5 rings (SSSR count). The van der Waals surface area contributed by atoms with Crippen LogP contribution in [0.5, 0.6) is 0 Å². The normalized spacial score (nSPS) is 16.9. The summed E-state index contributed by atoms with van der Waals surface area (Å²) in [4.78, 5) is 25.6. The topological polar surface area (TPSA) is 159 Å². The van der Waals surface area contributed by atoms with Gasteiger partial charge in [0.2, 0.25) is 5.95 Å². The van der Waals surface area contributed by atoms with Crippen molar-refractivity contribution in [2.24, 2.45) is 0 Å². The molecule has 13 heteroatoms. The molecule has 0 aliphatic heterocycles. The maximum Gasteiger partial charge on any atom is 0.407 e. The van der Waals surface area contributed by atoms with Gasteiger partial charge < -0.3 is 15.4 Å². The number of hydrogen-bond donors (Lipinski definition) is 3. The summed E-state index contributed by atoms with van der Waals surface area (Å²) in [6.07, 6.45) is 4.49. The van der Waals surface area contributed by atoms with Crippen molar-refractivity contribution in [3.05, 3.63) is 71.7 Å². The fourth-order valence-corrected chi connectivity index (χ4v) is 6.42. The summed E-state index contributed by atoms with van der Waals surface area (Å²) in [5, 5.41) is 15.6. The summed E-state index contributed by atoms with van der Waals surface area (Å²) >= 11 is 0. The summed E-state index contributed by atoms with van der Waals surface area (Å²) in [5.74, 6) is -0.318. The molecule has 2 aromatic heterocycles. The number of benzene rings is 2. The Kier molecular flexibility index (Phi) is 8.88. The Morgan fingerprint density at radius 2 is 1.76 bits per heavy atom. The van der Waals surface area contributed by atoms with Crippen LogP contribution in [0.3, 0.4) is 0 Å². The number of amides is 1. The number of nitrogens with zero attached hydrogens (tertiary/aromatic N) is 4. The molecule has 1 amide bonds. The number of fused-ring (bicyclic) bond motifs is 1. The predicted molar refractivity (Wildman–Crippen MR) is 168 cm³/mol. The molecule has 1 saturated carbocycles. The van der Waals surface area contributed by atoms with Crippen LogP contribution in [0.4, 0.5) is 20.8 Å². The van der Waals surface area contributed by atoms with E-state index in [4.69, 9.17) is 4.74 Å². The van der Waals surface area contributed by atoms with Gasteiger partial charge in [-0.25, -0.2) is 32.6 Å². The van der Waals surface area contributed by atoms with Crippen LogP contribution >= 0.6 is 0 Å². The Morgan fingerprint density at radius 1 is 1.04 bits per heavy atom. The van der Waals surface area contributed by atoms with Gasteiger partial charge in [-0.2, -0.15) is 5.26 Å². The van der Waals surface area contributed by atoms with E-state index in [0.717, 1.165) is 31.2 Å². The number of carbonyl (C=O) groups excluding carboxylic acids is 1. The lowest BCUT2D eigenvalue weighted by Crippen LogP contribution is -2.42. The number of hydrogen-bond acceptors (Lipinski definition) is 9. The molecular weight excluding hydrogens is 597 g/mol. The van der Waals surface area contributed by atoms with Crippen molar-refractivity contribution < 1.29 is 22.3 Å². The number of anilines is 2. The van der Waals surface area contributed by atoms with Crippen LogP contribution in [-0.4, -0.2) is 47.1 Å². The number of rotatable bonds is 7. The van der Waals surface area contributed by atoms with Crippen molar-refractivity contribution in [2.45, 2.75) is 76.0 Å². The van der Waals surface area contributed by atoms with E-state index in [2.05, 4.69) is 30.3 Å². The van der Waals surface area contributed by atoms with Crippen LogP contribution in [0.15, 0.2) is 59.6 Å². The van der Waals surface area contributed by atoms with Crippen LogP contribution in [-0.2, 0) is 14.8 Å². The SMILES string of the molecule is Cc1cc(-c2ccc(NS(=O)(=O)c3ccccc3C#N)c(F)c2)nc2cnc(NC3CCC(NC(=O)OC(C)(C)C)CC3)nc12. The van der Waals surface area contributed by atoms with E-state index in [1.807, 2.05) is 33.8 Å². The third-order valence-electron chi connectivity index (χ3n) is 7.32. The second-order valence-electron chi connectivity index (χ2n) is 12.0. The molecule has 0 saturated heterocycles. The summed E-state index contributed by atoms with van der Waals surface area (Å²) in [5.41, 5.74) is 2.07. The number of nitriles is 1. The largest absolute Gasteiger partial charge is 0.444 e. The number of aryl methyl sites for hydroxylation is 1. The molecule has 1 aliphatic rings. The first-order valence-corrected chi connectivity index (χ1v) is 16.0. The van der Waals surface area contributed by atoms with Crippen molar-refractivity contribution in [3.8, 4) is 17.3 Å². The van der Waals surface area contributed by atoms with E-state index < -0.39 is 27.5 Å². The first-order valence-electron chi connectivity index (χ1n) is 14.5. The highest BCUT2D eigenvalue weighted by Crippen LogP contribution is 2.29. The monoisotopic (exact) mass is 631 g/mol. The maximum atomic E-state index is 15.1. The molecule has 3 N–H and O–H groups in total. The second kappa shape index (κ2) is 12.6. The smallest absolute Gasteiger partial charge is 0.407 e. The van der Waals surface area contributed by atoms with Gasteiger partial charge in [-0.05, 0) is 89.3 Å². The van der Waals surface area contributed by atoms with Crippen LogP contribution in [0.2, 0.25) is 0 Å². The number of nitrogens with one attached hydrogen (secondary N) is 3. The van der Waals surface area contributed by atoms with Gasteiger partial charge in [0.05, 0.1) is 28.7 Å². The predicted octanol–water partition coefficient (Wildman–Crippen LogP) is 6.06. The van der Waals surface area contributed by atoms with Crippen molar-refractivity contribution in [2.75, 3.05) is 10.0 Å². The first-order chi connectivity index (χ1) is 21.3. The van der Waals surface area contributed by atoms with Crippen molar-refractivity contribution >= 4 is 38.8 Å². The van der Waals surface area contributed by atoms with E-state index in [0.29, 0.717) is 28.2 Å². The third kappa shape index (κ3) is 7.64. The van der Waals surface area contributed by atoms with Crippen molar-refractivity contribution in [1.29, 1.82) is 5.26 Å². The molecule has 0 unspecified atom stereocenters. The molecule has 0 spiro atoms. The summed E-state index contributed by atoms with van der Waals surface area (Å²) < 4.78 is 48.4. The second-order valence-corrected chi connectivity index (χ2v) is 13.6. The molecular formula is C32H34FN7O4S. The van der Waals surface area contributed by atoms with Crippen molar-refractivity contribution in [3.63, 3.8) is 0 Å². The fourth-order valence-electron chi connectivity index (χ4n) is 5.19. The lowest BCUT2D eigenvalue weighted by molar-refractivity contribution is 0.0492. The average molecular weight is 632 g/mol. The lowest BCUT2D eigenvalue weighted by atomic mass is 9.91. The van der Waals surface area contributed by atoms with Gasteiger partial charge >= 0.3 is 6.09 Å². The number of carbonyl (C=O) groups is 1.